The second-order valence-corrected chi connectivity index (χ2v) is 5.91. The molecule has 2 saturated carbocycles. The highest BCUT2D eigenvalue weighted by molar-refractivity contribution is 5.94. The third-order valence-electron chi connectivity index (χ3n) is 4.20. The summed E-state index contributed by atoms with van der Waals surface area (Å²) in [5.74, 6) is 1.39. The van der Waals surface area contributed by atoms with Crippen molar-refractivity contribution in [3.63, 3.8) is 0 Å². The van der Waals surface area contributed by atoms with Crippen LogP contribution in [0.1, 0.15) is 42.5 Å². The van der Waals surface area contributed by atoms with Gasteiger partial charge in [-0.15, -0.1) is 0 Å². The van der Waals surface area contributed by atoms with Gasteiger partial charge >= 0.3 is 0 Å². The third kappa shape index (κ3) is 3.31. The maximum atomic E-state index is 12.0. The standard InChI is InChI=1S/C16H22N2O2/c17-15(11-4-5-11)10-18-16(19)12-6-8-14(9-7-12)20-13-2-1-3-13/h6-9,11,13,15H,1-5,10,17H2,(H,18,19). The molecule has 2 fully saturated rings. The second-order valence-electron chi connectivity index (χ2n) is 5.91. The molecule has 1 amide bonds. The van der Waals surface area contributed by atoms with E-state index in [-0.39, 0.29) is 11.9 Å². The molecule has 4 heteroatoms. The van der Waals surface area contributed by atoms with E-state index in [1.54, 1.807) is 0 Å². The van der Waals surface area contributed by atoms with Crippen LogP contribution in [0.3, 0.4) is 0 Å². The molecule has 0 aliphatic heterocycles. The van der Waals surface area contributed by atoms with Crippen molar-refractivity contribution in [2.45, 2.75) is 44.2 Å². The topological polar surface area (TPSA) is 64.3 Å². The van der Waals surface area contributed by atoms with Crippen LogP contribution in [0.4, 0.5) is 0 Å². The Morgan fingerprint density at radius 3 is 2.50 bits per heavy atom. The number of carbonyl (C=O) groups excluding carboxylic acids is 1. The van der Waals surface area contributed by atoms with Gasteiger partial charge in [-0.3, -0.25) is 4.79 Å². The summed E-state index contributed by atoms with van der Waals surface area (Å²) >= 11 is 0. The molecule has 3 N–H and O–H groups in total. The predicted molar refractivity (Wildman–Crippen MR) is 77.7 cm³/mol. The van der Waals surface area contributed by atoms with Gasteiger partial charge < -0.3 is 15.8 Å². The van der Waals surface area contributed by atoms with Crippen molar-refractivity contribution in [1.29, 1.82) is 0 Å². The summed E-state index contributed by atoms with van der Waals surface area (Å²) in [4.78, 5) is 12.0. The second kappa shape index (κ2) is 5.83. The minimum atomic E-state index is -0.0590. The van der Waals surface area contributed by atoms with E-state index < -0.39 is 0 Å². The van der Waals surface area contributed by atoms with Crippen molar-refractivity contribution >= 4 is 5.91 Å². The molecule has 4 nitrogen and oxygen atoms in total. The summed E-state index contributed by atoms with van der Waals surface area (Å²) in [5, 5.41) is 2.90. The Bertz CT molecular complexity index is 464. The van der Waals surface area contributed by atoms with Gasteiger partial charge in [-0.05, 0) is 62.3 Å². The summed E-state index contributed by atoms with van der Waals surface area (Å²) < 4.78 is 5.77. The van der Waals surface area contributed by atoms with Crippen molar-refractivity contribution in [3.8, 4) is 5.75 Å². The summed E-state index contributed by atoms with van der Waals surface area (Å²) in [6.07, 6.45) is 6.30. The summed E-state index contributed by atoms with van der Waals surface area (Å²) in [6, 6.07) is 7.46. The molecule has 1 aromatic rings. The van der Waals surface area contributed by atoms with E-state index in [1.165, 1.54) is 19.3 Å². The van der Waals surface area contributed by atoms with Crippen LogP contribution in [-0.4, -0.2) is 24.6 Å². The normalized spacial score (nSPS) is 20.1. The van der Waals surface area contributed by atoms with Crippen LogP contribution in [0.5, 0.6) is 5.75 Å². The molecule has 0 spiro atoms. The number of nitrogens with one attached hydrogen (secondary N) is 1. The Kier molecular flexibility index (Phi) is 3.92. The predicted octanol–water partition coefficient (Wildman–Crippen LogP) is 2.08. The third-order valence-corrected chi connectivity index (χ3v) is 4.20. The van der Waals surface area contributed by atoms with Crippen LogP contribution < -0.4 is 15.8 Å². The van der Waals surface area contributed by atoms with Crippen molar-refractivity contribution in [2.75, 3.05) is 6.54 Å². The van der Waals surface area contributed by atoms with Gasteiger partial charge in [0.1, 0.15) is 5.75 Å². The summed E-state index contributed by atoms with van der Waals surface area (Å²) in [5.41, 5.74) is 6.63. The molecule has 108 valence electrons. The van der Waals surface area contributed by atoms with E-state index in [0.29, 0.717) is 24.1 Å². The van der Waals surface area contributed by atoms with Crippen molar-refractivity contribution in [1.82, 2.24) is 5.32 Å². The molecule has 2 aliphatic carbocycles. The number of hydrogen-bond acceptors (Lipinski definition) is 3. The van der Waals surface area contributed by atoms with E-state index in [1.807, 2.05) is 24.3 Å². The minimum absolute atomic E-state index is 0.0590. The first kappa shape index (κ1) is 13.4. The number of benzene rings is 1. The number of rotatable bonds is 6. The Morgan fingerprint density at radius 1 is 1.25 bits per heavy atom. The number of hydrogen-bond donors (Lipinski definition) is 2. The highest BCUT2D eigenvalue weighted by Gasteiger charge is 2.28. The lowest BCUT2D eigenvalue weighted by molar-refractivity contribution is 0.0950. The largest absolute Gasteiger partial charge is 0.490 e. The molecular weight excluding hydrogens is 252 g/mol. The fourth-order valence-electron chi connectivity index (χ4n) is 2.37. The lowest BCUT2D eigenvalue weighted by Crippen LogP contribution is -2.38. The molecule has 20 heavy (non-hydrogen) atoms. The molecule has 2 aliphatic rings. The molecule has 0 radical (unpaired) electrons. The fraction of sp³-hybridized carbons (Fsp3) is 0.562. The SMILES string of the molecule is NC(CNC(=O)c1ccc(OC2CCC2)cc1)C1CC1. The molecule has 1 aromatic carbocycles. The number of carbonyl (C=O) groups is 1. The number of amides is 1. The number of ether oxygens (including phenoxy) is 1. The highest BCUT2D eigenvalue weighted by Crippen LogP contribution is 2.31. The summed E-state index contributed by atoms with van der Waals surface area (Å²) in [7, 11) is 0. The lowest BCUT2D eigenvalue weighted by Gasteiger charge is -2.26. The van der Waals surface area contributed by atoms with E-state index in [2.05, 4.69) is 5.32 Å². The van der Waals surface area contributed by atoms with E-state index in [0.717, 1.165) is 18.6 Å². The van der Waals surface area contributed by atoms with Gasteiger partial charge in [-0.2, -0.15) is 0 Å². The van der Waals surface area contributed by atoms with E-state index in [4.69, 9.17) is 10.5 Å². The van der Waals surface area contributed by atoms with Crippen molar-refractivity contribution in [3.05, 3.63) is 29.8 Å². The molecular formula is C16H22N2O2. The lowest BCUT2D eigenvalue weighted by atomic mass is 9.96. The van der Waals surface area contributed by atoms with Gasteiger partial charge in [-0.25, -0.2) is 0 Å². The summed E-state index contributed by atoms with van der Waals surface area (Å²) in [6.45, 7) is 0.559. The van der Waals surface area contributed by atoms with Crippen molar-refractivity contribution in [2.24, 2.45) is 11.7 Å². The van der Waals surface area contributed by atoms with Crippen LogP contribution in [0, 0.1) is 5.92 Å². The smallest absolute Gasteiger partial charge is 0.251 e. The molecule has 0 heterocycles. The maximum Gasteiger partial charge on any atom is 0.251 e. The van der Waals surface area contributed by atoms with Gasteiger partial charge in [0, 0.05) is 18.2 Å². The van der Waals surface area contributed by atoms with Crippen LogP contribution in [0.15, 0.2) is 24.3 Å². The van der Waals surface area contributed by atoms with E-state index in [9.17, 15) is 4.79 Å². The number of nitrogens with two attached hydrogens (primary N) is 1. The molecule has 1 atom stereocenters. The average Bonchev–Trinajstić information content (AvgIpc) is 3.25. The van der Waals surface area contributed by atoms with Crippen LogP contribution in [0.25, 0.3) is 0 Å². The quantitative estimate of drug-likeness (QED) is 0.835. The van der Waals surface area contributed by atoms with Crippen LogP contribution in [-0.2, 0) is 0 Å². The van der Waals surface area contributed by atoms with Gasteiger partial charge in [-0.1, -0.05) is 0 Å². The molecule has 1 unspecified atom stereocenters. The first-order chi connectivity index (χ1) is 9.72. The van der Waals surface area contributed by atoms with Crippen molar-refractivity contribution < 1.29 is 9.53 Å². The minimum Gasteiger partial charge on any atom is -0.490 e. The fourth-order valence-corrected chi connectivity index (χ4v) is 2.37. The molecule has 0 aromatic heterocycles. The molecule has 3 rings (SSSR count). The zero-order valence-electron chi connectivity index (χ0n) is 11.7. The van der Waals surface area contributed by atoms with Gasteiger partial charge in [0.05, 0.1) is 6.10 Å². The Morgan fingerprint density at radius 2 is 1.95 bits per heavy atom. The van der Waals surface area contributed by atoms with Crippen LogP contribution in [0.2, 0.25) is 0 Å². The Hall–Kier alpha value is -1.55. The molecule has 0 bridgehead atoms. The van der Waals surface area contributed by atoms with Crippen LogP contribution >= 0.6 is 0 Å². The molecule has 0 saturated heterocycles. The maximum absolute atomic E-state index is 12.0. The monoisotopic (exact) mass is 274 g/mol. The first-order valence-corrected chi connectivity index (χ1v) is 7.53. The zero-order chi connectivity index (χ0) is 13.9. The average molecular weight is 274 g/mol. The van der Waals surface area contributed by atoms with Gasteiger partial charge in [0.2, 0.25) is 0 Å². The van der Waals surface area contributed by atoms with E-state index >= 15 is 0 Å². The van der Waals surface area contributed by atoms with Gasteiger partial charge in [0.25, 0.3) is 5.91 Å². The first-order valence-electron chi connectivity index (χ1n) is 7.53. The van der Waals surface area contributed by atoms with Gasteiger partial charge in [0.15, 0.2) is 0 Å². The zero-order valence-corrected chi connectivity index (χ0v) is 11.7. The Labute approximate surface area is 119 Å². The Balaban J connectivity index is 1.49. The highest BCUT2D eigenvalue weighted by atomic mass is 16.5.